The van der Waals surface area contributed by atoms with Gasteiger partial charge in [0.15, 0.2) is 0 Å². The molecule has 0 heterocycles. The number of carbonyl (C=O) groups is 3. The van der Waals surface area contributed by atoms with Gasteiger partial charge >= 0.3 is 12.1 Å². The number of aliphatic carboxylic acids is 1. The Hall–Kier alpha value is -2.57. The minimum absolute atomic E-state index is 0.0197. The molecule has 0 radical (unpaired) electrons. The third-order valence-corrected chi connectivity index (χ3v) is 2.59. The van der Waals surface area contributed by atoms with Crippen molar-refractivity contribution in [3.63, 3.8) is 0 Å². The molecule has 7 heteroatoms. The monoisotopic (exact) mass is 322 g/mol. The number of carboxylic acid groups (broad SMARTS) is 1. The second-order valence-corrected chi connectivity index (χ2v) is 5.87. The highest BCUT2D eigenvalue weighted by Crippen LogP contribution is 2.08. The van der Waals surface area contributed by atoms with E-state index in [4.69, 9.17) is 9.47 Å². The molecule has 7 nitrogen and oxygen atoms in total. The first-order valence-electron chi connectivity index (χ1n) is 7.07. The first-order valence-corrected chi connectivity index (χ1v) is 7.07. The van der Waals surface area contributed by atoms with Gasteiger partial charge in [-0.25, -0.2) is 4.79 Å². The van der Waals surface area contributed by atoms with Gasteiger partial charge in [0.05, 0.1) is 18.4 Å². The maximum Gasteiger partial charge on any atom is 0.408 e. The Morgan fingerprint density at radius 3 is 2.30 bits per heavy atom. The summed E-state index contributed by atoms with van der Waals surface area (Å²) in [7, 11) is 0. The van der Waals surface area contributed by atoms with E-state index in [1.54, 1.807) is 45.0 Å². The predicted molar refractivity (Wildman–Crippen MR) is 79.0 cm³/mol. The van der Waals surface area contributed by atoms with Crippen molar-refractivity contribution in [1.29, 1.82) is 0 Å². The fourth-order valence-corrected chi connectivity index (χ4v) is 1.61. The van der Waals surface area contributed by atoms with Crippen molar-refractivity contribution in [2.45, 2.75) is 45.4 Å². The number of hydrogen-bond donors (Lipinski definition) is 1. The predicted octanol–water partition coefficient (Wildman–Crippen LogP) is 0.763. The van der Waals surface area contributed by atoms with Crippen LogP contribution in [-0.4, -0.2) is 29.7 Å². The van der Waals surface area contributed by atoms with E-state index in [1.807, 2.05) is 6.07 Å². The molecule has 0 unspecified atom stereocenters. The second kappa shape index (κ2) is 8.17. The Balaban J connectivity index is 2.50. The van der Waals surface area contributed by atoms with Crippen molar-refractivity contribution in [2.24, 2.45) is 0 Å². The molecule has 1 N–H and O–H groups in total. The van der Waals surface area contributed by atoms with Crippen molar-refractivity contribution in [1.82, 2.24) is 5.32 Å². The van der Waals surface area contributed by atoms with Gasteiger partial charge in [-0.2, -0.15) is 0 Å². The van der Waals surface area contributed by atoms with Crippen LogP contribution in [0.25, 0.3) is 0 Å². The Bertz CT molecular complexity index is 549. The number of hydrogen-bond acceptors (Lipinski definition) is 6. The zero-order chi connectivity index (χ0) is 17.5. The van der Waals surface area contributed by atoms with E-state index < -0.39 is 36.1 Å². The summed E-state index contributed by atoms with van der Waals surface area (Å²) in [6.07, 6.45) is -1.49. The van der Waals surface area contributed by atoms with Crippen molar-refractivity contribution in [2.75, 3.05) is 0 Å². The molecule has 0 aliphatic heterocycles. The van der Waals surface area contributed by atoms with Crippen LogP contribution in [0.3, 0.4) is 0 Å². The summed E-state index contributed by atoms with van der Waals surface area (Å²) >= 11 is 0. The SMILES string of the molecule is CC(C)(C)OC(=O)N[C@@H](CC(=O)OCc1ccccc1)C(=O)[O-]. The lowest BCUT2D eigenvalue weighted by molar-refractivity contribution is -0.308. The highest BCUT2D eigenvalue weighted by atomic mass is 16.6. The highest BCUT2D eigenvalue weighted by molar-refractivity contribution is 5.84. The maximum atomic E-state index is 11.7. The van der Waals surface area contributed by atoms with Gasteiger partial charge in [0.25, 0.3) is 0 Å². The molecule has 0 spiro atoms. The Morgan fingerprint density at radius 2 is 1.78 bits per heavy atom. The standard InChI is InChI=1S/C16H21NO6/c1-16(2,3)23-15(21)17-12(14(19)20)9-13(18)22-10-11-7-5-4-6-8-11/h4-8,12H,9-10H2,1-3H3,(H,17,21)(H,19,20)/p-1/t12-/m0/s1. The van der Waals surface area contributed by atoms with Gasteiger partial charge in [0.2, 0.25) is 0 Å². The number of carboxylic acids is 1. The van der Waals surface area contributed by atoms with Crippen LogP contribution in [0, 0.1) is 0 Å². The zero-order valence-electron chi connectivity index (χ0n) is 13.3. The van der Waals surface area contributed by atoms with Crippen molar-refractivity contribution < 1.29 is 29.0 Å². The Labute approximate surface area is 134 Å². The summed E-state index contributed by atoms with van der Waals surface area (Å²) in [5.74, 6) is -2.35. The molecule has 1 aromatic rings. The lowest BCUT2D eigenvalue weighted by atomic mass is 10.2. The molecule has 1 aromatic carbocycles. The van der Waals surface area contributed by atoms with Crippen LogP contribution in [0.2, 0.25) is 0 Å². The van der Waals surface area contributed by atoms with E-state index in [0.29, 0.717) is 0 Å². The van der Waals surface area contributed by atoms with E-state index >= 15 is 0 Å². The summed E-state index contributed by atoms with van der Waals surface area (Å²) < 4.78 is 9.91. The number of carbonyl (C=O) groups excluding carboxylic acids is 3. The smallest absolute Gasteiger partial charge is 0.408 e. The molecule has 0 aliphatic carbocycles. The van der Waals surface area contributed by atoms with Gasteiger partial charge in [0.1, 0.15) is 12.2 Å². The Kier molecular flexibility index (Phi) is 6.56. The van der Waals surface area contributed by atoms with Crippen LogP contribution in [0.15, 0.2) is 30.3 Å². The molecule has 1 amide bonds. The van der Waals surface area contributed by atoms with Crippen LogP contribution in [-0.2, 0) is 25.7 Å². The van der Waals surface area contributed by atoms with E-state index in [1.165, 1.54) is 0 Å². The highest BCUT2D eigenvalue weighted by Gasteiger charge is 2.22. The fraction of sp³-hybridized carbons (Fsp3) is 0.438. The lowest BCUT2D eigenvalue weighted by Crippen LogP contribution is -2.50. The first-order chi connectivity index (χ1) is 10.7. The normalized spacial score (nSPS) is 12.1. The third-order valence-electron chi connectivity index (χ3n) is 2.59. The minimum atomic E-state index is -1.59. The first kappa shape index (κ1) is 18.5. The Morgan fingerprint density at radius 1 is 1.17 bits per heavy atom. The number of ether oxygens (including phenoxy) is 2. The van der Waals surface area contributed by atoms with Gasteiger partial charge in [-0.3, -0.25) is 4.79 Å². The molecule has 126 valence electrons. The van der Waals surface area contributed by atoms with Gasteiger partial charge in [-0.05, 0) is 26.3 Å². The minimum Gasteiger partial charge on any atom is -0.548 e. The van der Waals surface area contributed by atoms with Crippen molar-refractivity contribution in [3.05, 3.63) is 35.9 Å². The molecule has 23 heavy (non-hydrogen) atoms. The molecule has 1 rings (SSSR count). The second-order valence-electron chi connectivity index (χ2n) is 5.87. The summed E-state index contributed by atoms with van der Waals surface area (Å²) in [6, 6.07) is 7.41. The van der Waals surface area contributed by atoms with Crippen LogP contribution >= 0.6 is 0 Å². The number of esters is 1. The topological polar surface area (TPSA) is 105 Å². The molecule has 0 aromatic heterocycles. The molecule has 0 saturated heterocycles. The summed E-state index contributed by atoms with van der Waals surface area (Å²) in [5, 5.41) is 13.1. The average molecular weight is 322 g/mol. The van der Waals surface area contributed by atoms with Crippen LogP contribution < -0.4 is 10.4 Å². The summed E-state index contributed by atoms with van der Waals surface area (Å²) in [6.45, 7) is 4.92. The number of amides is 1. The van der Waals surface area contributed by atoms with Gasteiger partial charge < -0.3 is 24.7 Å². The number of nitrogens with one attached hydrogen (secondary N) is 1. The van der Waals surface area contributed by atoms with Crippen LogP contribution in [0.4, 0.5) is 4.79 Å². The summed E-state index contributed by atoms with van der Waals surface area (Å²) in [5.41, 5.74) is -0.0140. The van der Waals surface area contributed by atoms with Gasteiger partial charge in [0, 0.05) is 0 Å². The third kappa shape index (κ3) is 7.85. The molecule has 1 atom stereocenters. The van der Waals surface area contributed by atoms with Crippen LogP contribution in [0.5, 0.6) is 0 Å². The molecule has 0 saturated carbocycles. The van der Waals surface area contributed by atoms with Crippen molar-refractivity contribution in [3.8, 4) is 0 Å². The number of benzene rings is 1. The van der Waals surface area contributed by atoms with Gasteiger partial charge in [-0.15, -0.1) is 0 Å². The van der Waals surface area contributed by atoms with E-state index in [0.717, 1.165) is 5.56 Å². The van der Waals surface area contributed by atoms with Gasteiger partial charge in [-0.1, -0.05) is 30.3 Å². The van der Waals surface area contributed by atoms with E-state index in [9.17, 15) is 19.5 Å². The zero-order valence-corrected chi connectivity index (χ0v) is 13.3. The summed E-state index contributed by atoms with van der Waals surface area (Å²) in [4.78, 5) is 34.3. The number of rotatable bonds is 6. The van der Waals surface area contributed by atoms with E-state index in [2.05, 4.69) is 5.32 Å². The largest absolute Gasteiger partial charge is 0.548 e. The quantitative estimate of drug-likeness (QED) is 0.775. The average Bonchev–Trinajstić information content (AvgIpc) is 2.43. The van der Waals surface area contributed by atoms with E-state index in [-0.39, 0.29) is 6.61 Å². The van der Waals surface area contributed by atoms with Crippen molar-refractivity contribution >= 4 is 18.0 Å². The molecule has 0 fully saturated rings. The lowest BCUT2D eigenvalue weighted by Gasteiger charge is -2.23. The number of alkyl carbamates (subject to hydrolysis) is 1. The molecular weight excluding hydrogens is 302 g/mol. The fourth-order valence-electron chi connectivity index (χ4n) is 1.61. The van der Waals surface area contributed by atoms with Crippen LogP contribution in [0.1, 0.15) is 32.8 Å². The molecular formula is C16H20NO6-. The maximum absolute atomic E-state index is 11.7. The molecule has 0 aliphatic rings. The molecule has 0 bridgehead atoms.